The van der Waals surface area contributed by atoms with E-state index >= 15 is 0 Å². The molecule has 0 aromatic carbocycles. The van der Waals surface area contributed by atoms with Gasteiger partial charge in [-0.3, -0.25) is 19.4 Å². The number of nitrogens with one attached hydrogen (secondary N) is 1. The van der Waals surface area contributed by atoms with Gasteiger partial charge in [0.2, 0.25) is 5.91 Å². The molecule has 4 heterocycles. The predicted molar refractivity (Wildman–Crippen MR) is 131 cm³/mol. The van der Waals surface area contributed by atoms with Gasteiger partial charge < -0.3 is 19.5 Å². The smallest absolute Gasteiger partial charge is 0.246 e. The fraction of sp³-hybridized carbons (Fsp3) is 0.571. The Hall–Kier alpha value is -2.08. The summed E-state index contributed by atoms with van der Waals surface area (Å²) in [5.74, 6) is 2.71. The highest BCUT2D eigenvalue weighted by molar-refractivity contribution is 14.0. The van der Waals surface area contributed by atoms with Crippen molar-refractivity contribution < 1.29 is 9.21 Å². The van der Waals surface area contributed by atoms with Crippen molar-refractivity contribution in [2.45, 2.75) is 25.8 Å². The van der Waals surface area contributed by atoms with Gasteiger partial charge in [0, 0.05) is 39.9 Å². The second-order valence-corrected chi connectivity index (χ2v) is 7.97. The minimum atomic E-state index is 0. The Bertz CT molecular complexity index is 903. The highest BCUT2D eigenvalue weighted by atomic mass is 127. The molecule has 9 nitrogen and oxygen atoms in total. The number of aromatic nitrogens is 2. The Morgan fingerprint density at radius 1 is 1.26 bits per heavy atom. The number of anilines is 1. The van der Waals surface area contributed by atoms with Gasteiger partial charge in [0.1, 0.15) is 18.1 Å². The third kappa shape index (κ3) is 5.40. The molecular formula is C21H32IN7O2. The lowest BCUT2D eigenvalue weighted by molar-refractivity contribution is -0.120. The van der Waals surface area contributed by atoms with Crippen LogP contribution in [-0.2, 0) is 11.8 Å². The van der Waals surface area contributed by atoms with Crippen LogP contribution in [0.2, 0.25) is 0 Å². The van der Waals surface area contributed by atoms with Crippen molar-refractivity contribution in [2.75, 3.05) is 51.2 Å². The summed E-state index contributed by atoms with van der Waals surface area (Å²) in [7, 11) is 3.62. The van der Waals surface area contributed by atoms with Gasteiger partial charge >= 0.3 is 0 Å². The van der Waals surface area contributed by atoms with Crippen LogP contribution in [0.3, 0.4) is 0 Å². The first kappa shape index (κ1) is 23.6. The summed E-state index contributed by atoms with van der Waals surface area (Å²) >= 11 is 0. The number of nitrogens with zero attached hydrogens (tertiary/aromatic N) is 6. The van der Waals surface area contributed by atoms with Crippen LogP contribution in [0, 0.1) is 6.92 Å². The van der Waals surface area contributed by atoms with E-state index in [0.717, 1.165) is 36.3 Å². The lowest BCUT2D eigenvalue weighted by Crippen LogP contribution is -2.56. The van der Waals surface area contributed by atoms with E-state index in [9.17, 15) is 4.79 Å². The molecule has 10 heteroatoms. The molecule has 2 aliphatic heterocycles. The molecule has 2 fully saturated rings. The van der Waals surface area contributed by atoms with Crippen molar-refractivity contribution in [3.05, 3.63) is 36.0 Å². The average Bonchev–Trinajstić information content (AvgIpc) is 3.48. The van der Waals surface area contributed by atoms with Gasteiger partial charge in [-0.25, -0.2) is 0 Å². The number of carbonyl (C=O) groups excluding carboxylic acids is 1. The fourth-order valence-electron chi connectivity index (χ4n) is 4.29. The van der Waals surface area contributed by atoms with Crippen LogP contribution in [0.15, 0.2) is 33.9 Å². The number of amides is 1. The molecule has 2 saturated heterocycles. The summed E-state index contributed by atoms with van der Waals surface area (Å²) in [6, 6.07) is 4.24. The van der Waals surface area contributed by atoms with Gasteiger partial charge in [-0.1, -0.05) is 0 Å². The predicted octanol–water partition coefficient (Wildman–Crippen LogP) is 2.00. The summed E-state index contributed by atoms with van der Waals surface area (Å²) in [6.07, 6.45) is 6.03. The van der Waals surface area contributed by atoms with Gasteiger partial charge in [0.15, 0.2) is 5.96 Å². The van der Waals surface area contributed by atoms with Crippen molar-refractivity contribution in [1.82, 2.24) is 24.9 Å². The topological polar surface area (TPSA) is 82.1 Å². The highest BCUT2D eigenvalue weighted by Crippen LogP contribution is 2.26. The maximum atomic E-state index is 12.7. The standard InChI is InChI=1S/C21H31N7O2.HI/c1-16-6-7-19(30-16)18(26-8-4-5-9-26)13-23-21(22-2)27-10-11-28(20(29)15-27)17-12-24-25(3)14-17;/h6-7,12,14,18H,4-5,8-11,13,15H2,1-3H3,(H,22,23);1H. The Morgan fingerprint density at radius 3 is 2.61 bits per heavy atom. The van der Waals surface area contributed by atoms with Crippen LogP contribution in [0.5, 0.6) is 0 Å². The number of rotatable bonds is 5. The number of hydrogen-bond donors (Lipinski definition) is 1. The van der Waals surface area contributed by atoms with E-state index in [1.54, 1.807) is 22.8 Å². The number of aliphatic imine (C=N–C) groups is 1. The average molecular weight is 541 g/mol. The molecule has 2 aromatic heterocycles. The molecule has 1 atom stereocenters. The van der Waals surface area contributed by atoms with E-state index < -0.39 is 0 Å². The van der Waals surface area contributed by atoms with E-state index in [2.05, 4.69) is 26.4 Å². The number of piperazine rings is 1. The van der Waals surface area contributed by atoms with Crippen molar-refractivity contribution in [1.29, 1.82) is 0 Å². The molecular weight excluding hydrogens is 509 g/mol. The van der Waals surface area contributed by atoms with Crippen molar-refractivity contribution in [3.8, 4) is 0 Å². The van der Waals surface area contributed by atoms with Gasteiger partial charge in [0.05, 0.1) is 17.9 Å². The Balaban J connectivity index is 0.00000272. The van der Waals surface area contributed by atoms with Crippen LogP contribution in [0.25, 0.3) is 0 Å². The minimum Gasteiger partial charge on any atom is -0.465 e. The number of carbonyl (C=O) groups is 1. The molecule has 0 bridgehead atoms. The van der Waals surface area contributed by atoms with E-state index in [0.29, 0.717) is 26.2 Å². The number of aryl methyl sites for hydroxylation is 2. The first-order valence-corrected chi connectivity index (χ1v) is 10.6. The molecule has 0 aliphatic carbocycles. The number of hydrogen-bond acceptors (Lipinski definition) is 5. The van der Waals surface area contributed by atoms with Crippen LogP contribution >= 0.6 is 24.0 Å². The van der Waals surface area contributed by atoms with E-state index in [-0.39, 0.29) is 35.9 Å². The van der Waals surface area contributed by atoms with Crippen molar-refractivity contribution in [3.63, 3.8) is 0 Å². The lowest BCUT2D eigenvalue weighted by atomic mass is 10.2. The van der Waals surface area contributed by atoms with Crippen molar-refractivity contribution in [2.24, 2.45) is 12.0 Å². The molecule has 1 amide bonds. The Kier molecular flexibility index (Phi) is 7.98. The Labute approximate surface area is 200 Å². The van der Waals surface area contributed by atoms with Crippen LogP contribution < -0.4 is 10.2 Å². The third-order valence-electron chi connectivity index (χ3n) is 5.86. The quantitative estimate of drug-likeness (QED) is 0.355. The number of guanidine groups is 1. The van der Waals surface area contributed by atoms with Gasteiger partial charge in [0.25, 0.3) is 0 Å². The molecule has 31 heavy (non-hydrogen) atoms. The summed E-state index contributed by atoms with van der Waals surface area (Å²) in [6.45, 7) is 6.44. The zero-order chi connectivity index (χ0) is 21.1. The van der Waals surface area contributed by atoms with Crippen molar-refractivity contribution >= 4 is 41.5 Å². The van der Waals surface area contributed by atoms with Gasteiger partial charge in [-0.2, -0.15) is 5.10 Å². The van der Waals surface area contributed by atoms with Crippen LogP contribution in [0.4, 0.5) is 5.69 Å². The first-order chi connectivity index (χ1) is 14.5. The number of likely N-dealkylation sites (tertiary alicyclic amines) is 1. The second kappa shape index (κ2) is 10.5. The Morgan fingerprint density at radius 2 is 2.03 bits per heavy atom. The fourth-order valence-corrected chi connectivity index (χ4v) is 4.29. The molecule has 0 spiro atoms. The molecule has 2 aromatic rings. The molecule has 2 aliphatic rings. The van der Waals surface area contributed by atoms with Crippen LogP contribution in [-0.4, -0.2) is 77.8 Å². The lowest BCUT2D eigenvalue weighted by Gasteiger charge is -2.36. The van der Waals surface area contributed by atoms with Crippen LogP contribution in [0.1, 0.15) is 30.4 Å². The zero-order valence-electron chi connectivity index (χ0n) is 18.5. The zero-order valence-corrected chi connectivity index (χ0v) is 20.8. The maximum Gasteiger partial charge on any atom is 0.246 e. The molecule has 4 rings (SSSR count). The highest BCUT2D eigenvalue weighted by Gasteiger charge is 2.30. The van der Waals surface area contributed by atoms with Gasteiger partial charge in [-0.05, 0) is 45.0 Å². The normalized spacial score (nSPS) is 18.9. The monoisotopic (exact) mass is 541 g/mol. The second-order valence-electron chi connectivity index (χ2n) is 7.97. The number of halogens is 1. The van der Waals surface area contributed by atoms with Gasteiger partial charge in [-0.15, -0.1) is 24.0 Å². The first-order valence-electron chi connectivity index (χ1n) is 10.6. The molecule has 170 valence electrons. The summed E-state index contributed by atoms with van der Waals surface area (Å²) in [5.41, 5.74) is 0.840. The molecule has 1 N–H and O–H groups in total. The largest absolute Gasteiger partial charge is 0.465 e. The molecule has 1 unspecified atom stereocenters. The summed E-state index contributed by atoms with van der Waals surface area (Å²) < 4.78 is 7.66. The summed E-state index contributed by atoms with van der Waals surface area (Å²) in [5, 5.41) is 7.66. The minimum absolute atomic E-state index is 0. The molecule has 0 saturated carbocycles. The SMILES string of the molecule is CN=C(NCC(c1ccc(C)o1)N1CCCC1)N1CCN(c2cnn(C)c2)C(=O)C1.I. The third-order valence-corrected chi connectivity index (χ3v) is 5.86. The molecule has 0 radical (unpaired) electrons. The number of furan rings is 1. The van der Waals surface area contributed by atoms with E-state index in [1.807, 2.05) is 31.1 Å². The maximum absolute atomic E-state index is 12.7. The van der Waals surface area contributed by atoms with E-state index in [1.165, 1.54) is 12.8 Å². The summed E-state index contributed by atoms with van der Waals surface area (Å²) in [4.78, 5) is 23.5. The van der Waals surface area contributed by atoms with E-state index in [4.69, 9.17) is 4.42 Å².